The maximum absolute atomic E-state index is 13.6. The monoisotopic (exact) mass is 593 g/mol. The van der Waals surface area contributed by atoms with Gasteiger partial charge in [-0.05, 0) is 43.0 Å². The third-order valence-electron chi connectivity index (χ3n) is 7.58. The molecule has 1 aliphatic heterocycles. The summed E-state index contributed by atoms with van der Waals surface area (Å²) in [7, 11) is 3.11. The Morgan fingerprint density at radius 1 is 0.955 bits per heavy atom. The van der Waals surface area contributed by atoms with Gasteiger partial charge in [0.25, 0.3) is 0 Å². The van der Waals surface area contributed by atoms with Gasteiger partial charge in [-0.2, -0.15) is 5.10 Å². The topological polar surface area (TPSA) is 128 Å². The van der Waals surface area contributed by atoms with E-state index in [9.17, 15) is 9.59 Å². The van der Waals surface area contributed by atoms with Crippen molar-refractivity contribution in [1.29, 1.82) is 0 Å². The lowest BCUT2D eigenvalue weighted by Gasteiger charge is -2.24. The van der Waals surface area contributed by atoms with E-state index in [1.165, 1.54) is 12.4 Å². The van der Waals surface area contributed by atoms with Crippen LogP contribution in [0, 0.1) is 6.92 Å². The zero-order valence-electron chi connectivity index (χ0n) is 24.6. The molecule has 3 aromatic heterocycles. The number of methoxy groups -OCH3 is 2. The summed E-state index contributed by atoms with van der Waals surface area (Å²) in [5.41, 5.74) is 2.91. The molecule has 0 atom stereocenters. The number of nitrogens with zero attached hydrogens (tertiary/aromatic N) is 5. The molecule has 0 unspecified atom stereocenters. The highest BCUT2D eigenvalue weighted by Crippen LogP contribution is 2.36. The van der Waals surface area contributed by atoms with Gasteiger partial charge in [0.2, 0.25) is 5.43 Å². The number of ketones is 1. The lowest BCUT2D eigenvalue weighted by molar-refractivity contribution is 0.0655. The number of rotatable bonds is 9. The summed E-state index contributed by atoms with van der Waals surface area (Å²) in [5.74, 6) is 1.14. The smallest absolute Gasteiger partial charge is 0.321 e. The van der Waals surface area contributed by atoms with Gasteiger partial charge in [0.15, 0.2) is 23.0 Å². The first-order chi connectivity index (χ1) is 21.4. The molecular formula is C33H31N5O6. The normalized spacial score (nSPS) is 13.5. The first-order valence-electron chi connectivity index (χ1n) is 14.2. The molecule has 0 bridgehead atoms. The third kappa shape index (κ3) is 6.00. The predicted octanol–water partition coefficient (Wildman–Crippen LogP) is 5.14. The fourth-order valence-corrected chi connectivity index (χ4v) is 5.16. The van der Waals surface area contributed by atoms with Crippen molar-refractivity contribution in [3.63, 3.8) is 0 Å². The Labute approximate surface area is 253 Å². The van der Waals surface area contributed by atoms with E-state index < -0.39 is 11.2 Å². The second kappa shape index (κ2) is 12.6. The molecule has 0 aliphatic carbocycles. The van der Waals surface area contributed by atoms with E-state index in [1.54, 1.807) is 49.5 Å². The number of carbonyl (C=O) groups is 1. The zero-order valence-corrected chi connectivity index (χ0v) is 24.6. The predicted molar refractivity (Wildman–Crippen MR) is 163 cm³/mol. The molecule has 224 valence electrons. The molecule has 0 N–H and O–H groups in total. The first-order valence-corrected chi connectivity index (χ1v) is 14.2. The van der Waals surface area contributed by atoms with Crippen LogP contribution >= 0.6 is 0 Å². The summed E-state index contributed by atoms with van der Waals surface area (Å²) >= 11 is 0. The largest absolute Gasteiger partial charge is 0.493 e. The van der Waals surface area contributed by atoms with Crippen molar-refractivity contribution in [2.24, 2.45) is 0 Å². The average Bonchev–Trinajstić information content (AvgIpc) is 3.06. The fraction of sp³-hybridized carbons (Fsp3) is 0.273. The lowest BCUT2D eigenvalue weighted by Crippen LogP contribution is -2.29. The number of aryl methyl sites for hydroxylation is 1. The van der Waals surface area contributed by atoms with Crippen molar-refractivity contribution < 1.29 is 23.7 Å². The molecule has 1 aliphatic rings. The summed E-state index contributed by atoms with van der Waals surface area (Å²) in [6.45, 7) is 3.19. The van der Waals surface area contributed by atoms with E-state index in [-0.39, 0.29) is 24.2 Å². The summed E-state index contributed by atoms with van der Waals surface area (Å²) in [6, 6.07) is 13.0. The summed E-state index contributed by atoms with van der Waals surface area (Å²) < 4.78 is 24.0. The Balaban J connectivity index is 1.26. The van der Waals surface area contributed by atoms with Crippen LogP contribution in [-0.4, -0.2) is 57.9 Å². The molecule has 0 radical (unpaired) electrons. The maximum Gasteiger partial charge on any atom is 0.321 e. The third-order valence-corrected chi connectivity index (χ3v) is 7.58. The Morgan fingerprint density at radius 3 is 2.36 bits per heavy atom. The molecule has 11 nitrogen and oxygen atoms in total. The Kier molecular flexibility index (Phi) is 8.29. The highest BCUT2D eigenvalue weighted by Gasteiger charge is 2.23. The van der Waals surface area contributed by atoms with Gasteiger partial charge in [0, 0.05) is 61.4 Å². The van der Waals surface area contributed by atoms with Crippen molar-refractivity contribution >= 4 is 16.7 Å². The second-order valence-electron chi connectivity index (χ2n) is 10.5. The van der Waals surface area contributed by atoms with Crippen LogP contribution in [-0.2, 0) is 11.2 Å². The van der Waals surface area contributed by atoms with E-state index in [4.69, 9.17) is 18.9 Å². The van der Waals surface area contributed by atoms with E-state index in [1.807, 2.05) is 31.2 Å². The van der Waals surface area contributed by atoms with Crippen LogP contribution in [0.3, 0.4) is 0 Å². The van der Waals surface area contributed by atoms with E-state index in [2.05, 4.69) is 20.1 Å². The van der Waals surface area contributed by atoms with Gasteiger partial charge in [-0.1, -0.05) is 29.8 Å². The van der Waals surface area contributed by atoms with Crippen molar-refractivity contribution in [3.05, 3.63) is 94.3 Å². The Bertz CT molecular complexity index is 1870. The van der Waals surface area contributed by atoms with Crippen molar-refractivity contribution in [3.8, 4) is 34.4 Å². The summed E-state index contributed by atoms with van der Waals surface area (Å²) in [6.07, 6.45) is 7.79. The molecule has 6 rings (SSSR count). The molecule has 1 saturated heterocycles. The molecule has 1 fully saturated rings. The van der Waals surface area contributed by atoms with Gasteiger partial charge in [-0.3, -0.25) is 19.3 Å². The first kappa shape index (κ1) is 28.9. The number of fused-ring (bicyclic) bond motifs is 1. The number of pyridine rings is 1. The zero-order chi connectivity index (χ0) is 30.6. The van der Waals surface area contributed by atoms with Crippen molar-refractivity contribution in [1.82, 2.24) is 24.7 Å². The molecular weight excluding hydrogens is 562 g/mol. The van der Waals surface area contributed by atoms with Crippen LogP contribution in [0.15, 0.2) is 72.0 Å². The van der Waals surface area contributed by atoms with Gasteiger partial charge < -0.3 is 18.9 Å². The van der Waals surface area contributed by atoms with Crippen LogP contribution in [0.5, 0.6) is 23.3 Å². The van der Waals surface area contributed by atoms with Gasteiger partial charge in [0.05, 0.1) is 25.8 Å². The number of hydrogen-bond donors (Lipinski definition) is 0. The molecule has 0 spiro atoms. The number of benzene rings is 2. The van der Waals surface area contributed by atoms with E-state index in [0.29, 0.717) is 52.5 Å². The molecule has 44 heavy (non-hydrogen) atoms. The Hall–Kier alpha value is -5.16. The quantitative estimate of drug-likeness (QED) is 0.212. The molecule has 11 heteroatoms. The van der Waals surface area contributed by atoms with Gasteiger partial charge >= 0.3 is 6.01 Å². The number of aromatic nitrogens is 5. The van der Waals surface area contributed by atoms with Crippen LogP contribution < -0.4 is 19.6 Å². The van der Waals surface area contributed by atoms with E-state index >= 15 is 0 Å². The minimum absolute atomic E-state index is 0.0326. The van der Waals surface area contributed by atoms with Crippen molar-refractivity contribution in [2.75, 3.05) is 27.4 Å². The molecule has 2 aromatic carbocycles. The summed E-state index contributed by atoms with van der Waals surface area (Å²) in [5, 5.41) is 5.22. The second-order valence-corrected chi connectivity index (χ2v) is 10.5. The van der Waals surface area contributed by atoms with Crippen molar-refractivity contribution in [2.45, 2.75) is 32.2 Å². The molecule has 5 aromatic rings. The van der Waals surface area contributed by atoms with Crippen LogP contribution in [0.4, 0.5) is 0 Å². The minimum Gasteiger partial charge on any atom is -0.493 e. The van der Waals surface area contributed by atoms with E-state index in [0.717, 1.165) is 24.0 Å². The van der Waals surface area contributed by atoms with Crippen LogP contribution in [0.2, 0.25) is 0 Å². The molecule has 4 heterocycles. The number of carbonyl (C=O) groups excluding carboxylic acids is 1. The highest BCUT2D eigenvalue weighted by atomic mass is 16.5. The maximum atomic E-state index is 13.6. The van der Waals surface area contributed by atoms with Crippen LogP contribution in [0.1, 0.15) is 40.5 Å². The van der Waals surface area contributed by atoms with Gasteiger partial charge in [-0.25, -0.2) is 9.97 Å². The Morgan fingerprint density at radius 2 is 1.66 bits per heavy atom. The number of hydrogen-bond acceptors (Lipinski definition) is 10. The standard InChI is InChI=1S/C33H31N5O6/c1-20-4-6-22(7-5-20)25-19-38(23-9-12-43-13-10-23)37-31(32(25)40)27(39)14-21-17-35-33(36-18-21)44-28-8-11-34-26-16-30(42-3)29(41-2)15-24(26)28/h4-8,11,15-19,23H,9-10,12-14H2,1-3H3. The number of Topliss-reactive ketones (excluding diaryl/α,β-unsaturated/α-hetero) is 1. The van der Waals surface area contributed by atoms with Gasteiger partial charge in [-0.15, -0.1) is 0 Å². The highest BCUT2D eigenvalue weighted by molar-refractivity contribution is 5.96. The molecule has 0 amide bonds. The number of ether oxygens (including phenoxy) is 4. The molecule has 0 saturated carbocycles. The fourth-order valence-electron chi connectivity index (χ4n) is 5.16. The minimum atomic E-state index is -0.414. The summed E-state index contributed by atoms with van der Waals surface area (Å²) in [4.78, 5) is 40.1. The average molecular weight is 594 g/mol. The van der Waals surface area contributed by atoms with Gasteiger partial charge in [0.1, 0.15) is 5.75 Å². The lowest BCUT2D eigenvalue weighted by atomic mass is 10.0. The van der Waals surface area contributed by atoms with Crippen LogP contribution in [0.25, 0.3) is 22.0 Å². The SMILES string of the molecule is COc1cc2nccc(Oc3ncc(CC(=O)c4nn(C5CCOCC5)cc(-c5ccc(C)cc5)c4=O)cn3)c2cc1OC.